The van der Waals surface area contributed by atoms with Crippen LogP contribution in [0.2, 0.25) is 0 Å². The van der Waals surface area contributed by atoms with Gasteiger partial charge in [-0.1, -0.05) is 6.07 Å². The predicted octanol–water partition coefficient (Wildman–Crippen LogP) is 2.58. The van der Waals surface area contributed by atoms with Gasteiger partial charge in [-0.25, -0.2) is 14.0 Å². The van der Waals surface area contributed by atoms with Crippen molar-refractivity contribution < 1.29 is 37.8 Å². The molecule has 1 aromatic rings. The smallest absolute Gasteiger partial charge is 0.408 e. The van der Waals surface area contributed by atoms with Gasteiger partial charge in [-0.15, -0.1) is 0 Å². The van der Waals surface area contributed by atoms with E-state index in [1.165, 1.54) is 18.2 Å². The van der Waals surface area contributed by atoms with E-state index in [0.29, 0.717) is 0 Å². The molecule has 5 atom stereocenters. The number of carbonyl (C=O) groups excluding carboxylic acids is 4. The number of ether oxygens (including phenoxy) is 3. The molecule has 34 heavy (non-hydrogen) atoms. The minimum atomic E-state index is -1.60. The third-order valence-corrected chi connectivity index (χ3v) is 5.98. The van der Waals surface area contributed by atoms with Crippen LogP contribution in [0.3, 0.4) is 0 Å². The first-order chi connectivity index (χ1) is 15.9. The molecule has 0 heterocycles. The van der Waals surface area contributed by atoms with Crippen LogP contribution >= 0.6 is 0 Å². The van der Waals surface area contributed by atoms with Crippen LogP contribution in [0.15, 0.2) is 24.3 Å². The van der Waals surface area contributed by atoms with Gasteiger partial charge in [-0.2, -0.15) is 0 Å². The number of esters is 2. The second kappa shape index (κ2) is 9.60. The molecule has 4 unspecified atom stereocenters. The van der Waals surface area contributed by atoms with Gasteiger partial charge < -0.3 is 24.8 Å². The zero-order chi connectivity index (χ0) is 25.3. The standard InChI is InChI=1S/C24H31FN2O7/c1-6-32-20(29)17-16-15(26-19(28)13-9-8-10-14(25)11-13)12-24(18(16)17,21(30)33-7-2)27-22(31)34-23(3,4)5/h8-11,15-18H,6-7,12H2,1-5H3,(H,26,28)(H,27,31)/t15?,16?,17-,18?,24?/m0/s1. The number of rotatable bonds is 7. The maximum absolute atomic E-state index is 13.6. The Morgan fingerprint density at radius 1 is 1.12 bits per heavy atom. The van der Waals surface area contributed by atoms with Gasteiger partial charge in [0.05, 0.1) is 19.1 Å². The number of hydrogen-bond donors (Lipinski definition) is 2. The minimum Gasteiger partial charge on any atom is -0.466 e. The molecule has 9 nitrogen and oxygen atoms in total. The quantitative estimate of drug-likeness (QED) is 0.457. The molecular formula is C24H31FN2O7. The first kappa shape index (κ1) is 25.5. The highest BCUT2D eigenvalue weighted by molar-refractivity contribution is 5.95. The van der Waals surface area contributed by atoms with E-state index in [4.69, 9.17) is 14.2 Å². The van der Waals surface area contributed by atoms with Gasteiger partial charge in [0.1, 0.15) is 17.0 Å². The van der Waals surface area contributed by atoms with Gasteiger partial charge in [0.25, 0.3) is 5.91 Å². The van der Waals surface area contributed by atoms with Crippen molar-refractivity contribution >= 4 is 23.9 Å². The van der Waals surface area contributed by atoms with E-state index in [9.17, 15) is 23.6 Å². The molecule has 1 aromatic carbocycles. The fourth-order valence-electron chi connectivity index (χ4n) is 4.81. The second-order valence-corrected chi connectivity index (χ2v) is 9.49. The summed E-state index contributed by atoms with van der Waals surface area (Å²) < 4.78 is 29.4. The first-order valence-electron chi connectivity index (χ1n) is 11.3. The van der Waals surface area contributed by atoms with Crippen LogP contribution in [0.25, 0.3) is 0 Å². The van der Waals surface area contributed by atoms with Crippen LogP contribution in [-0.2, 0) is 23.8 Å². The van der Waals surface area contributed by atoms with Crippen LogP contribution in [0.4, 0.5) is 9.18 Å². The van der Waals surface area contributed by atoms with Gasteiger partial charge in [-0.05, 0) is 58.7 Å². The van der Waals surface area contributed by atoms with Crippen molar-refractivity contribution in [2.24, 2.45) is 17.8 Å². The van der Waals surface area contributed by atoms with Gasteiger partial charge >= 0.3 is 18.0 Å². The van der Waals surface area contributed by atoms with E-state index in [-0.39, 0.29) is 25.2 Å². The van der Waals surface area contributed by atoms with Gasteiger partial charge in [0.2, 0.25) is 0 Å². The van der Waals surface area contributed by atoms with Gasteiger partial charge in [0.15, 0.2) is 0 Å². The maximum atomic E-state index is 13.6. The maximum Gasteiger partial charge on any atom is 0.408 e. The number of halogens is 1. The lowest BCUT2D eigenvalue weighted by atomic mass is 9.88. The number of amides is 2. The average molecular weight is 479 g/mol. The molecule has 10 heteroatoms. The zero-order valence-electron chi connectivity index (χ0n) is 20.0. The Morgan fingerprint density at radius 2 is 1.79 bits per heavy atom. The third kappa shape index (κ3) is 5.15. The van der Waals surface area contributed by atoms with E-state index >= 15 is 0 Å². The SMILES string of the molecule is CCOC(=O)[C@H]1C2C(NC(=O)c3cccc(F)c3)CC(NC(=O)OC(C)(C)C)(C(=O)OCC)C21. The Hall–Kier alpha value is -3.17. The minimum absolute atomic E-state index is 0.0165. The second-order valence-electron chi connectivity index (χ2n) is 9.49. The molecule has 2 amide bonds. The Kier molecular flexibility index (Phi) is 7.18. The van der Waals surface area contributed by atoms with Crippen molar-refractivity contribution in [3.63, 3.8) is 0 Å². The molecule has 2 fully saturated rings. The summed E-state index contributed by atoms with van der Waals surface area (Å²) in [5, 5.41) is 5.45. The number of benzene rings is 1. The third-order valence-electron chi connectivity index (χ3n) is 5.98. The van der Waals surface area contributed by atoms with Crippen LogP contribution in [0, 0.1) is 23.6 Å². The molecular weight excluding hydrogens is 447 g/mol. The lowest BCUT2D eigenvalue weighted by Gasteiger charge is -2.33. The molecule has 0 radical (unpaired) electrons. The van der Waals surface area contributed by atoms with Crippen molar-refractivity contribution in [2.45, 2.75) is 58.2 Å². The molecule has 2 aliphatic carbocycles. The summed E-state index contributed by atoms with van der Waals surface area (Å²) in [5.41, 5.74) is -2.33. The van der Waals surface area contributed by atoms with Gasteiger partial charge in [0, 0.05) is 23.9 Å². The molecule has 0 aromatic heterocycles. The fourth-order valence-corrected chi connectivity index (χ4v) is 4.81. The Bertz CT molecular complexity index is 976. The zero-order valence-corrected chi connectivity index (χ0v) is 20.0. The number of alkyl carbamates (subject to hydrolysis) is 1. The normalized spacial score (nSPS) is 27.2. The summed E-state index contributed by atoms with van der Waals surface area (Å²) in [6, 6.07) is 4.51. The monoisotopic (exact) mass is 478 g/mol. The topological polar surface area (TPSA) is 120 Å². The Morgan fingerprint density at radius 3 is 2.38 bits per heavy atom. The van der Waals surface area contributed by atoms with E-state index in [1.807, 2.05) is 0 Å². The number of hydrogen-bond acceptors (Lipinski definition) is 7. The summed E-state index contributed by atoms with van der Waals surface area (Å²) in [4.78, 5) is 51.3. The highest BCUT2D eigenvalue weighted by Gasteiger charge is 2.76. The Labute approximate surface area is 197 Å². The van der Waals surface area contributed by atoms with Crippen LogP contribution in [-0.4, -0.2) is 54.3 Å². The molecule has 0 aliphatic heterocycles. The van der Waals surface area contributed by atoms with E-state index in [1.54, 1.807) is 34.6 Å². The number of carbonyl (C=O) groups is 4. The van der Waals surface area contributed by atoms with Crippen molar-refractivity contribution in [2.75, 3.05) is 13.2 Å². The summed E-state index contributed by atoms with van der Waals surface area (Å²) in [5.74, 6) is -4.24. The van der Waals surface area contributed by atoms with E-state index in [0.717, 1.165) is 6.07 Å². The van der Waals surface area contributed by atoms with Gasteiger partial charge in [-0.3, -0.25) is 9.59 Å². The summed E-state index contributed by atoms with van der Waals surface area (Å²) >= 11 is 0. The summed E-state index contributed by atoms with van der Waals surface area (Å²) in [7, 11) is 0. The average Bonchev–Trinajstić information content (AvgIpc) is 3.40. The molecule has 0 spiro atoms. The lowest BCUT2D eigenvalue weighted by Crippen LogP contribution is -2.59. The largest absolute Gasteiger partial charge is 0.466 e. The molecule has 2 N–H and O–H groups in total. The van der Waals surface area contributed by atoms with Crippen LogP contribution in [0.1, 0.15) is 51.4 Å². The molecule has 0 saturated heterocycles. The highest BCUT2D eigenvalue weighted by atomic mass is 19.1. The van der Waals surface area contributed by atoms with Crippen molar-refractivity contribution in [3.8, 4) is 0 Å². The number of nitrogens with one attached hydrogen (secondary N) is 2. The molecule has 0 bridgehead atoms. The summed E-state index contributed by atoms with van der Waals surface area (Å²) in [6.07, 6.45) is -0.858. The van der Waals surface area contributed by atoms with Crippen molar-refractivity contribution in [1.29, 1.82) is 0 Å². The Balaban J connectivity index is 1.93. The van der Waals surface area contributed by atoms with Crippen LogP contribution in [0.5, 0.6) is 0 Å². The molecule has 2 aliphatic rings. The highest BCUT2D eigenvalue weighted by Crippen LogP contribution is 2.63. The van der Waals surface area contributed by atoms with E-state index in [2.05, 4.69) is 10.6 Å². The first-order valence-corrected chi connectivity index (χ1v) is 11.3. The molecule has 3 rings (SSSR count). The predicted molar refractivity (Wildman–Crippen MR) is 118 cm³/mol. The molecule has 2 saturated carbocycles. The van der Waals surface area contributed by atoms with E-state index < -0.39 is 64.7 Å². The van der Waals surface area contributed by atoms with Crippen molar-refractivity contribution in [3.05, 3.63) is 35.6 Å². The van der Waals surface area contributed by atoms with Crippen LogP contribution < -0.4 is 10.6 Å². The molecule has 186 valence electrons. The summed E-state index contributed by atoms with van der Waals surface area (Å²) in [6.45, 7) is 8.53. The number of fused-ring (bicyclic) bond motifs is 1. The van der Waals surface area contributed by atoms with Crippen molar-refractivity contribution in [1.82, 2.24) is 10.6 Å². The fraction of sp³-hybridized carbons (Fsp3) is 0.583. The lowest BCUT2D eigenvalue weighted by molar-refractivity contribution is -0.153.